The van der Waals surface area contributed by atoms with Gasteiger partial charge in [-0.05, 0) is 33.4 Å². The molecule has 0 spiro atoms. The van der Waals surface area contributed by atoms with Gasteiger partial charge in [-0.15, -0.1) is 0 Å². The fraction of sp³-hybridized carbons (Fsp3) is 0.345. The molecule has 0 N–H and O–H groups in total. The number of benzene rings is 6. The summed E-state index contributed by atoms with van der Waals surface area (Å²) in [5.74, 6) is 0. The molecule has 0 aromatic heterocycles. The fourth-order valence-corrected chi connectivity index (χ4v) is 8.44. The number of nitrogens with zero attached hydrogens (tertiary/aromatic N) is 1. The van der Waals surface area contributed by atoms with Crippen molar-refractivity contribution in [3.63, 3.8) is 0 Å². The molecule has 0 radical (unpaired) electrons. The maximum absolute atomic E-state index is 13.5. The molecular formula is C55H59NO12. The van der Waals surface area contributed by atoms with E-state index in [0.717, 1.165) is 33.4 Å². The first kappa shape index (κ1) is 48.8. The summed E-state index contributed by atoms with van der Waals surface area (Å²) in [5, 5.41) is 13.5. The molecule has 2 aliphatic rings. The summed E-state index contributed by atoms with van der Waals surface area (Å²) in [4.78, 5) is 13.0. The predicted octanol–water partition coefficient (Wildman–Crippen LogP) is 8.89. The molecule has 0 saturated carbocycles. The minimum Gasteiger partial charge on any atom is -0.374 e. The number of ether oxygens (including phenoxy) is 10. The number of hydrogen-bond donors (Lipinski definition) is 0. The smallest absolute Gasteiger partial charge is 0.291 e. The lowest BCUT2D eigenvalue weighted by molar-refractivity contribution is -0.577. The van der Waals surface area contributed by atoms with Crippen LogP contribution in [0.2, 0.25) is 0 Å². The summed E-state index contributed by atoms with van der Waals surface area (Å²) in [6, 6.07) is 56.7. The summed E-state index contributed by atoms with van der Waals surface area (Å²) in [6.07, 6.45) is -8.54. The molecule has 13 nitrogen and oxygen atoms in total. The zero-order chi connectivity index (χ0) is 46.8. The SMILES string of the molecule is CO[C@H]1O[C@H](CO[C@@H]2O[C@H](COCc3ccccc3)[C@@H](OCc3ccccc3)[C@H](OCc3ccccc3)[C@H]2[N+](=O)[O-])[C@@H](OCc2ccccc2)[C@H](OCc2ccccc2)[C@H]1OCc1ccccc1. The van der Waals surface area contributed by atoms with Gasteiger partial charge in [0.05, 0.1) is 52.9 Å². The van der Waals surface area contributed by atoms with Gasteiger partial charge in [-0.3, -0.25) is 10.1 Å². The Kier molecular flexibility index (Phi) is 18.4. The third-order valence-corrected chi connectivity index (χ3v) is 11.9. The van der Waals surface area contributed by atoms with Crippen molar-refractivity contribution >= 4 is 0 Å². The molecule has 13 heteroatoms. The number of hydrogen-bond acceptors (Lipinski definition) is 12. The van der Waals surface area contributed by atoms with Gasteiger partial charge in [-0.25, -0.2) is 0 Å². The molecule has 0 bridgehead atoms. The van der Waals surface area contributed by atoms with Gasteiger partial charge >= 0.3 is 0 Å². The molecule has 6 aromatic rings. The molecule has 2 saturated heterocycles. The fourth-order valence-electron chi connectivity index (χ4n) is 8.44. The summed E-state index contributed by atoms with van der Waals surface area (Å²) >= 11 is 0. The Hall–Kier alpha value is -5.68. The molecule has 2 aliphatic heterocycles. The second-order valence-electron chi connectivity index (χ2n) is 16.7. The Balaban J connectivity index is 1.10. The van der Waals surface area contributed by atoms with Crippen LogP contribution >= 0.6 is 0 Å². The lowest BCUT2D eigenvalue weighted by Crippen LogP contribution is -2.65. The highest BCUT2D eigenvalue weighted by atomic mass is 16.7. The predicted molar refractivity (Wildman–Crippen MR) is 252 cm³/mol. The van der Waals surface area contributed by atoms with Crippen molar-refractivity contribution in [2.24, 2.45) is 0 Å². The van der Waals surface area contributed by atoms with Crippen LogP contribution in [0.4, 0.5) is 0 Å². The van der Waals surface area contributed by atoms with Crippen LogP contribution in [-0.2, 0) is 87.0 Å². The highest BCUT2D eigenvalue weighted by Gasteiger charge is 2.56. The molecule has 6 aromatic carbocycles. The molecule has 0 aliphatic carbocycles. The van der Waals surface area contributed by atoms with Crippen molar-refractivity contribution in [3.8, 4) is 0 Å². The van der Waals surface area contributed by atoms with E-state index >= 15 is 0 Å². The second-order valence-corrected chi connectivity index (χ2v) is 16.7. The van der Waals surface area contributed by atoms with Gasteiger partial charge in [-0.1, -0.05) is 182 Å². The van der Waals surface area contributed by atoms with E-state index in [1.54, 1.807) is 0 Å². The van der Waals surface area contributed by atoms with E-state index in [9.17, 15) is 10.1 Å². The Bertz CT molecular complexity index is 2330. The number of methoxy groups -OCH3 is 1. The molecule has 68 heavy (non-hydrogen) atoms. The van der Waals surface area contributed by atoms with Crippen LogP contribution < -0.4 is 0 Å². The first-order valence-corrected chi connectivity index (χ1v) is 23.0. The third-order valence-electron chi connectivity index (χ3n) is 11.9. The molecule has 2 heterocycles. The van der Waals surface area contributed by atoms with Crippen LogP contribution in [0.3, 0.4) is 0 Å². The maximum atomic E-state index is 13.5. The number of nitro groups is 1. The van der Waals surface area contributed by atoms with E-state index in [0.29, 0.717) is 0 Å². The van der Waals surface area contributed by atoms with Gasteiger partial charge in [0.15, 0.2) is 12.4 Å². The quantitative estimate of drug-likeness (QED) is 0.0424. The van der Waals surface area contributed by atoms with Gasteiger partial charge in [0.25, 0.3) is 6.04 Å². The van der Waals surface area contributed by atoms with Gasteiger partial charge < -0.3 is 47.4 Å². The zero-order valence-corrected chi connectivity index (χ0v) is 38.1. The largest absolute Gasteiger partial charge is 0.374 e. The van der Waals surface area contributed by atoms with Gasteiger partial charge in [0.1, 0.15) is 36.6 Å². The average molecular weight is 926 g/mol. The molecule has 356 valence electrons. The molecule has 10 atom stereocenters. The topological polar surface area (TPSA) is 135 Å². The minimum absolute atomic E-state index is 0.0220. The van der Waals surface area contributed by atoms with E-state index in [4.69, 9.17) is 47.4 Å². The van der Waals surface area contributed by atoms with Crippen molar-refractivity contribution in [1.29, 1.82) is 0 Å². The van der Waals surface area contributed by atoms with Crippen LogP contribution in [0.5, 0.6) is 0 Å². The zero-order valence-electron chi connectivity index (χ0n) is 38.1. The van der Waals surface area contributed by atoms with Crippen molar-refractivity contribution < 1.29 is 52.3 Å². The molecule has 0 unspecified atom stereocenters. The summed E-state index contributed by atoms with van der Waals surface area (Å²) < 4.78 is 65.6. The van der Waals surface area contributed by atoms with E-state index in [2.05, 4.69) is 0 Å². The lowest BCUT2D eigenvalue weighted by atomic mass is 9.96. The van der Waals surface area contributed by atoms with Crippen LogP contribution in [0.25, 0.3) is 0 Å². The molecule has 2 fully saturated rings. The van der Waals surface area contributed by atoms with E-state index < -0.39 is 66.3 Å². The minimum atomic E-state index is -1.54. The Morgan fingerprint density at radius 1 is 0.397 bits per heavy atom. The summed E-state index contributed by atoms with van der Waals surface area (Å²) in [6.45, 7) is 0.990. The van der Waals surface area contributed by atoms with Gasteiger partial charge in [-0.2, -0.15) is 0 Å². The van der Waals surface area contributed by atoms with Crippen molar-refractivity contribution in [2.75, 3.05) is 20.3 Å². The molecule has 8 rings (SSSR count). The highest BCUT2D eigenvalue weighted by molar-refractivity contribution is 5.18. The third kappa shape index (κ3) is 13.7. The van der Waals surface area contributed by atoms with Crippen molar-refractivity contribution in [2.45, 2.75) is 101 Å². The van der Waals surface area contributed by atoms with Crippen LogP contribution in [0.15, 0.2) is 182 Å². The Morgan fingerprint density at radius 3 is 1.12 bits per heavy atom. The monoisotopic (exact) mass is 925 g/mol. The first-order valence-electron chi connectivity index (χ1n) is 23.0. The standard InChI is InChI=1S/C55H59NO12/c1-59-55-53(65-37-45-30-18-7-19-31-45)52(64-36-44-28-16-6-17-29-44)50(62-34-42-24-12-4-13-25-42)47(68-55)39-66-54-48(56(57)58)51(63-35-43-26-14-5-15-27-43)49(61-33-41-22-10-3-11-23-41)46(67-54)38-60-32-40-20-8-2-9-21-40/h2-31,46-55H,32-39H2,1H3/t46-,47-,48-,49-,50-,51-,52+,53-,54-,55+/m1/s1. The van der Waals surface area contributed by atoms with Gasteiger partial charge in [0.2, 0.25) is 6.29 Å². The molecular weight excluding hydrogens is 867 g/mol. The second kappa shape index (κ2) is 25.6. The van der Waals surface area contributed by atoms with Gasteiger partial charge in [0, 0.05) is 12.0 Å². The lowest BCUT2D eigenvalue weighted by Gasteiger charge is -2.46. The van der Waals surface area contributed by atoms with Crippen molar-refractivity contribution in [1.82, 2.24) is 0 Å². The molecule has 0 amide bonds. The van der Waals surface area contributed by atoms with E-state index in [1.807, 2.05) is 182 Å². The summed E-state index contributed by atoms with van der Waals surface area (Å²) in [5.41, 5.74) is 5.49. The number of rotatable bonds is 24. The van der Waals surface area contributed by atoms with E-state index in [1.165, 1.54) is 7.11 Å². The maximum Gasteiger partial charge on any atom is 0.291 e. The van der Waals surface area contributed by atoms with Crippen LogP contribution in [0.1, 0.15) is 33.4 Å². The first-order chi connectivity index (χ1) is 33.5. The van der Waals surface area contributed by atoms with Crippen LogP contribution in [0, 0.1) is 10.1 Å². The average Bonchev–Trinajstić information content (AvgIpc) is 3.39. The normalized spacial score (nSPS) is 24.9. The van der Waals surface area contributed by atoms with Crippen molar-refractivity contribution in [3.05, 3.63) is 225 Å². The van der Waals surface area contributed by atoms with Crippen LogP contribution in [-0.4, -0.2) is 86.6 Å². The summed E-state index contributed by atoms with van der Waals surface area (Å²) in [7, 11) is 1.54. The Morgan fingerprint density at radius 2 is 0.721 bits per heavy atom. The Labute approximate surface area is 397 Å². The van der Waals surface area contributed by atoms with E-state index in [-0.39, 0.29) is 52.9 Å². The highest BCUT2D eigenvalue weighted by Crippen LogP contribution is 2.34.